The highest BCUT2D eigenvalue weighted by Gasteiger charge is 2.25. The zero-order valence-corrected chi connectivity index (χ0v) is 12.1. The van der Waals surface area contributed by atoms with Crippen LogP contribution in [0.4, 0.5) is 14.5 Å². The van der Waals surface area contributed by atoms with Crippen LogP contribution >= 0.6 is 11.8 Å². The van der Waals surface area contributed by atoms with Crippen molar-refractivity contribution in [3.05, 3.63) is 33.9 Å². The van der Waals surface area contributed by atoms with Gasteiger partial charge in [-0.05, 0) is 18.4 Å². The summed E-state index contributed by atoms with van der Waals surface area (Å²) < 4.78 is 24.5. The Morgan fingerprint density at radius 1 is 1.45 bits per heavy atom. The first-order chi connectivity index (χ1) is 10.3. The van der Waals surface area contributed by atoms with Crippen molar-refractivity contribution in [2.75, 3.05) is 6.26 Å². The molecule has 2 N–H and O–H groups in total. The van der Waals surface area contributed by atoms with E-state index in [0.717, 1.165) is 17.8 Å². The highest BCUT2D eigenvalue weighted by atomic mass is 32.2. The number of rotatable bonds is 7. The van der Waals surface area contributed by atoms with Gasteiger partial charge in [0.25, 0.3) is 11.6 Å². The summed E-state index contributed by atoms with van der Waals surface area (Å²) >= 11 is 1.10. The molecule has 0 bridgehead atoms. The zero-order chi connectivity index (χ0) is 16.9. The third kappa shape index (κ3) is 4.65. The average molecular weight is 334 g/mol. The maximum Gasteiger partial charge on any atom is 0.326 e. The fraction of sp³-hybridized carbons (Fsp3) is 0.333. The predicted molar refractivity (Wildman–Crippen MR) is 74.4 cm³/mol. The summed E-state index contributed by atoms with van der Waals surface area (Å²) in [4.78, 5) is 33.2. The summed E-state index contributed by atoms with van der Waals surface area (Å²) in [5.41, 5.74) is -0.495. The third-order valence-electron chi connectivity index (χ3n) is 2.66. The fourth-order valence-corrected chi connectivity index (χ4v) is 2.16. The third-order valence-corrected chi connectivity index (χ3v) is 3.44. The summed E-state index contributed by atoms with van der Waals surface area (Å²) in [5, 5.41) is 21.6. The van der Waals surface area contributed by atoms with Crippen LogP contribution in [0.15, 0.2) is 23.1 Å². The molecule has 22 heavy (non-hydrogen) atoms. The van der Waals surface area contributed by atoms with Crippen molar-refractivity contribution in [3.8, 4) is 0 Å². The van der Waals surface area contributed by atoms with Gasteiger partial charge < -0.3 is 10.4 Å². The van der Waals surface area contributed by atoms with E-state index in [1.165, 1.54) is 12.1 Å². The van der Waals surface area contributed by atoms with Gasteiger partial charge in [0.1, 0.15) is 6.04 Å². The molecule has 1 rings (SSSR count). The van der Waals surface area contributed by atoms with Gasteiger partial charge in [-0.15, -0.1) is 11.8 Å². The molecule has 10 heteroatoms. The predicted octanol–water partition coefficient (Wildman–Crippen LogP) is 2.15. The molecule has 7 nitrogen and oxygen atoms in total. The zero-order valence-electron chi connectivity index (χ0n) is 11.3. The molecule has 1 unspecified atom stereocenters. The Kier molecular flexibility index (Phi) is 6.23. The standard InChI is InChI=1S/C12H12F2N2O5S/c1-22-9-3-2-6(4-8(9)16(20)21)11(17)15-7(12(18)19)5-10(13)14/h2-4,7,10H,5H2,1H3,(H,15,17)(H,18,19). The number of aliphatic carboxylic acids is 1. The number of amides is 1. The number of carbonyl (C=O) groups excluding carboxylic acids is 1. The van der Waals surface area contributed by atoms with Crippen molar-refractivity contribution < 1.29 is 28.4 Å². The molecular formula is C12H12F2N2O5S. The SMILES string of the molecule is CSc1ccc(C(=O)NC(CC(F)F)C(=O)O)cc1[N+](=O)[O-]. The van der Waals surface area contributed by atoms with Gasteiger partial charge >= 0.3 is 5.97 Å². The number of carbonyl (C=O) groups is 2. The highest BCUT2D eigenvalue weighted by Crippen LogP contribution is 2.28. The molecule has 1 aromatic carbocycles. The molecule has 1 aromatic rings. The van der Waals surface area contributed by atoms with Crippen molar-refractivity contribution in [2.45, 2.75) is 23.8 Å². The monoisotopic (exact) mass is 334 g/mol. The Balaban J connectivity index is 3.00. The number of nitrogens with one attached hydrogen (secondary N) is 1. The van der Waals surface area contributed by atoms with Crippen LogP contribution in [-0.4, -0.2) is 40.6 Å². The molecule has 1 amide bonds. The first kappa shape index (κ1) is 17.8. The van der Waals surface area contributed by atoms with Crippen molar-refractivity contribution in [2.24, 2.45) is 0 Å². The molecule has 1 atom stereocenters. The van der Waals surface area contributed by atoms with Crippen LogP contribution in [0.5, 0.6) is 0 Å². The Morgan fingerprint density at radius 2 is 2.09 bits per heavy atom. The number of thioether (sulfide) groups is 1. The van der Waals surface area contributed by atoms with Gasteiger partial charge in [0.05, 0.1) is 9.82 Å². The molecule has 0 aliphatic heterocycles. The summed E-state index contributed by atoms with van der Waals surface area (Å²) in [6.45, 7) is 0. The van der Waals surface area contributed by atoms with Crippen molar-refractivity contribution in [1.82, 2.24) is 5.32 Å². The van der Waals surface area contributed by atoms with E-state index in [1.807, 2.05) is 5.32 Å². The minimum Gasteiger partial charge on any atom is -0.480 e. The van der Waals surface area contributed by atoms with E-state index in [0.29, 0.717) is 4.90 Å². The number of hydrogen-bond acceptors (Lipinski definition) is 5. The average Bonchev–Trinajstić information content (AvgIpc) is 2.44. The number of alkyl halides is 2. The number of nitro groups is 1. The molecule has 0 spiro atoms. The summed E-state index contributed by atoms with van der Waals surface area (Å²) in [7, 11) is 0. The molecule has 0 heterocycles. The number of nitro benzene ring substituents is 1. The van der Waals surface area contributed by atoms with Crippen LogP contribution in [0, 0.1) is 10.1 Å². The summed E-state index contributed by atoms with van der Waals surface area (Å²) in [6.07, 6.45) is -2.34. The van der Waals surface area contributed by atoms with E-state index in [1.54, 1.807) is 6.26 Å². The van der Waals surface area contributed by atoms with Crippen molar-refractivity contribution >= 4 is 29.3 Å². The second-order valence-electron chi connectivity index (χ2n) is 4.13. The maximum atomic E-state index is 12.3. The second-order valence-corrected chi connectivity index (χ2v) is 4.98. The van der Waals surface area contributed by atoms with E-state index >= 15 is 0 Å². The lowest BCUT2D eigenvalue weighted by Crippen LogP contribution is -2.42. The first-order valence-corrected chi connectivity index (χ1v) is 7.13. The van der Waals surface area contributed by atoms with E-state index in [-0.39, 0.29) is 11.3 Å². The number of hydrogen-bond donors (Lipinski definition) is 2. The van der Waals surface area contributed by atoms with E-state index < -0.39 is 35.7 Å². The lowest BCUT2D eigenvalue weighted by molar-refractivity contribution is -0.387. The molecular weight excluding hydrogens is 322 g/mol. The minimum absolute atomic E-state index is 0.176. The Labute approximate surface area is 127 Å². The fourth-order valence-electron chi connectivity index (χ4n) is 1.62. The van der Waals surface area contributed by atoms with Gasteiger partial charge in [0.15, 0.2) is 0 Å². The normalized spacial score (nSPS) is 12.0. The summed E-state index contributed by atoms with van der Waals surface area (Å²) in [5.74, 6) is -2.58. The van der Waals surface area contributed by atoms with Crippen LogP contribution in [0.2, 0.25) is 0 Å². The topological polar surface area (TPSA) is 110 Å². The summed E-state index contributed by atoms with van der Waals surface area (Å²) in [6, 6.07) is 1.80. The Bertz CT molecular complexity index is 597. The van der Waals surface area contributed by atoms with Crippen LogP contribution in [0.1, 0.15) is 16.8 Å². The van der Waals surface area contributed by atoms with Crippen LogP contribution in [0.3, 0.4) is 0 Å². The van der Waals surface area contributed by atoms with E-state index in [2.05, 4.69) is 0 Å². The number of carboxylic acid groups (broad SMARTS) is 1. The van der Waals surface area contributed by atoms with Gasteiger partial charge in [0, 0.05) is 18.1 Å². The van der Waals surface area contributed by atoms with Gasteiger partial charge in [-0.25, -0.2) is 13.6 Å². The lowest BCUT2D eigenvalue weighted by Gasteiger charge is -2.14. The van der Waals surface area contributed by atoms with Gasteiger partial charge in [-0.3, -0.25) is 14.9 Å². The number of benzene rings is 1. The number of halogens is 2. The molecule has 0 radical (unpaired) electrons. The minimum atomic E-state index is -2.91. The van der Waals surface area contributed by atoms with Crippen LogP contribution in [-0.2, 0) is 4.79 Å². The lowest BCUT2D eigenvalue weighted by atomic mass is 10.1. The molecule has 0 aromatic heterocycles. The number of nitrogens with zero attached hydrogens (tertiary/aromatic N) is 1. The largest absolute Gasteiger partial charge is 0.480 e. The highest BCUT2D eigenvalue weighted by molar-refractivity contribution is 7.98. The van der Waals surface area contributed by atoms with Crippen molar-refractivity contribution in [1.29, 1.82) is 0 Å². The molecule has 0 aliphatic carbocycles. The molecule has 0 saturated heterocycles. The second kappa shape index (κ2) is 7.69. The molecule has 0 aliphatic rings. The van der Waals surface area contributed by atoms with E-state index in [4.69, 9.17) is 5.11 Å². The van der Waals surface area contributed by atoms with E-state index in [9.17, 15) is 28.5 Å². The van der Waals surface area contributed by atoms with Crippen LogP contribution in [0.25, 0.3) is 0 Å². The van der Waals surface area contributed by atoms with Crippen LogP contribution < -0.4 is 5.32 Å². The smallest absolute Gasteiger partial charge is 0.326 e. The van der Waals surface area contributed by atoms with Gasteiger partial charge in [-0.2, -0.15) is 0 Å². The molecule has 0 fully saturated rings. The van der Waals surface area contributed by atoms with Gasteiger partial charge in [-0.1, -0.05) is 0 Å². The number of carboxylic acids is 1. The molecule has 120 valence electrons. The quantitative estimate of drug-likeness (QED) is 0.449. The maximum absolute atomic E-state index is 12.3. The van der Waals surface area contributed by atoms with Gasteiger partial charge in [0.2, 0.25) is 6.43 Å². The Morgan fingerprint density at radius 3 is 2.55 bits per heavy atom. The van der Waals surface area contributed by atoms with Crippen molar-refractivity contribution in [3.63, 3.8) is 0 Å². The molecule has 0 saturated carbocycles. The first-order valence-electron chi connectivity index (χ1n) is 5.90. The Hall–Kier alpha value is -2.23.